The summed E-state index contributed by atoms with van der Waals surface area (Å²) in [5.74, 6) is 1.17. The largest absolute Gasteiger partial charge is 0.497 e. The van der Waals surface area contributed by atoms with Crippen LogP contribution in [0.2, 0.25) is 0 Å². The maximum absolute atomic E-state index is 12.9. The van der Waals surface area contributed by atoms with Crippen molar-refractivity contribution >= 4 is 17.5 Å². The van der Waals surface area contributed by atoms with E-state index in [1.54, 1.807) is 12.0 Å². The molecule has 2 heterocycles. The van der Waals surface area contributed by atoms with E-state index in [1.807, 2.05) is 43.3 Å². The van der Waals surface area contributed by atoms with Crippen molar-refractivity contribution in [2.45, 2.75) is 38.8 Å². The van der Waals surface area contributed by atoms with Crippen LogP contribution >= 0.6 is 0 Å². The number of rotatable bonds is 8. The number of piperidine rings is 1. The topological polar surface area (TPSA) is 71.1 Å². The summed E-state index contributed by atoms with van der Waals surface area (Å²) in [6, 6.07) is 15.8. The van der Waals surface area contributed by atoms with Crippen LogP contribution in [0.25, 0.3) is 0 Å². The second-order valence-corrected chi connectivity index (χ2v) is 8.72. The van der Waals surface area contributed by atoms with Gasteiger partial charge in [-0.25, -0.2) is 0 Å². The van der Waals surface area contributed by atoms with Crippen molar-refractivity contribution < 1.29 is 19.1 Å². The predicted molar refractivity (Wildman–Crippen MR) is 128 cm³/mol. The van der Waals surface area contributed by atoms with E-state index in [2.05, 4.69) is 22.3 Å². The van der Waals surface area contributed by atoms with Gasteiger partial charge in [0.05, 0.1) is 25.3 Å². The van der Waals surface area contributed by atoms with Gasteiger partial charge in [0.1, 0.15) is 11.5 Å². The summed E-state index contributed by atoms with van der Waals surface area (Å²) in [6.07, 6.45) is 2.06. The minimum absolute atomic E-state index is 0.0222. The van der Waals surface area contributed by atoms with E-state index in [1.165, 1.54) is 5.56 Å². The molecule has 7 nitrogen and oxygen atoms in total. The van der Waals surface area contributed by atoms with Crippen molar-refractivity contribution in [1.29, 1.82) is 0 Å². The van der Waals surface area contributed by atoms with Gasteiger partial charge in [0.15, 0.2) is 0 Å². The number of amides is 2. The maximum Gasteiger partial charge on any atom is 0.227 e. The van der Waals surface area contributed by atoms with Crippen molar-refractivity contribution in [3.63, 3.8) is 0 Å². The van der Waals surface area contributed by atoms with E-state index in [-0.39, 0.29) is 30.2 Å². The Morgan fingerprint density at radius 2 is 1.91 bits per heavy atom. The van der Waals surface area contributed by atoms with Gasteiger partial charge in [-0.15, -0.1) is 0 Å². The number of methoxy groups -OCH3 is 1. The summed E-state index contributed by atoms with van der Waals surface area (Å²) in [7, 11) is 1.68. The van der Waals surface area contributed by atoms with Crippen LogP contribution in [-0.2, 0) is 16.1 Å². The summed E-state index contributed by atoms with van der Waals surface area (Å²) in [4.78, 5) is 29.7. The Morgan fingerprint density at radius 1 is 1.12 bits per heavy atom. The molecule has 2 saturated heterocycles. The van der Waals surface area contributed by atoms with Crippen LogP contribution in [0.3, 0.4) is 0 Å². The first-order valence-corrected chi connectivity index (χ1v) is 11.7. The fourth-order valence-corrected chi connectivity index (χ4v) is 4.66. The minimum atomic E-state index is -0.331. The highest BCUT2D eigenvalue weighted by Gasteiger charge is 2.37. The Labute approximate surface area is 195 Å². The number of benzene rings is 2. The van der Waals surface area contributed by atoms with Gasteiger partial charge in [-0.3, -0.25) is 14.5 Å². The Bertz CT molecular complexity index is 972. The summed E-state index contributed by atoms with van der Waals surface area (Å²) in [5, 5.41) is 3.20. The SMILES string of the molecule is CCOc1ccccc1N1CC(C(=O)NC2CCN(Cc3cccc(OC)c3)CC2)CC1=O. The third-order valence-corrected chi connectivity index (χ3v) is 6.43. The number of nitrogens with zero attached hydrogens (tertiary/aromatic N) is 2. The quantitative estimate of drug-likeness (QED) is 0.667. The molecule has 2 aliphatic heterocycles. The van der Waals surface area contributed by atoms with E-state index in [9.17, 15) is 9.59 Å². The molecule has 7 heteroatoms. The average molecular weight is 452 g/mol. The van der Waals surface area contributed by atoms with Gasteiger partial charge < -0.3 is 19.7 Å². The molecule has 1 atom stereocenters. The Morgan fingerprint density at radius 3 is 2.67 bits per heavy atom. The molecule has 33 heavy (non-hydrogen) atoms. The number of ether oxygens (including phenoxy) is 2. The molecular formula is C26H33N3O4. The van der Waals surface area contributed by atoms with E-state index >= 15 is 0 Å². The summed E-state index contributed by atoms with van der Waals surface area (Å²) < 4.78 is 11.0. The highest BCUT2D eigenvalue weighted by molar-refractivity contribution is 6.01. The van der Waals surface area contributed by atoms with Crippen LogP contribution in [0.15, 0.2) is 48.5 Å². The van der Waals surface area contributed by atoms with E-state index in [0.29, 0.717) is 18.9 Å². The lowest BCUT2D eigenvalue weighted by Crippen LogP contribution is -2.46. The van der Waals surface area contributed by atoms with Gasteiger partial charge >= 0.3 is 0 Å². The molecule has 1 unspecified atom stereocenters. The van der Waals surface area contributed by atoms with Crippen molar-refractivity contribution in [3.05, 3.63) is 54.1 Å². The summed E-state index contributed by atoms with van der Waals surface area (Å²) in [6.45, 7) is 5.58. The van der Waals surface area contributed by atoms with E-state index < -0.39 is 0 Å². The molecule has 0 bridgehead atoms. The van der Waals surface area contributed by atoms with Crippen LogP contribution < -0.4 is 19.7 Å². The van der Waals surface area contributed by atoms with Crippen molar-refractivity contribution in [2.75, 3.05) is 38.3 Å². The highest BCUT2D eigenvalue weighted by Crippen LogP contribution is 2.33. The number of carbonyl (C=O) groups excluding carboxylic acids is 2. The number of likely N-dealkylation sites (tertiary alicyclic amines) is 1. The van der Waals surface area contributed by atoms with Crippen LogP contribution in [0.1, 0.15) is 31.7 Å². The Kier molecular flexibility index (Phi) is 7.50. The number of para-hydroxylation sites is 2. The van der Waals surface area contributed by atoms with Crippen molar-refractivity contribution in [3.8, 4) is 11.5 Å². The molecule has 0 spiro atoms. The molecule has 2 fully saturated rings. The number of hydrogen-bond donors (Lipinski definition) is 1. The van der Waals surface area contributed by atoms with Gasteiger partial charge in [-0.2, -0.15) is 0 Å². The van der Waals surface area contributed by atoms with Gasteiger partial charge in [0.25, 0.3) is 0 Å². The fraction of sp³-hybridized carbons (Fsp3) is 0.462. The molecule has 2 aromatic carbocycles. The smallest absolute Gasteiger partial charge is 0.227 e. The van der Waals surface area contributed by atoms with Crippen LogP contribution in [0.5, 0.6) is 11.5 Å². The van der Waals surface area contributed by atoms with Gasteiger partial charge in [0.2, 0.25) is 11.8 Å². The van der Waals surface area contributed by atoms with Gasteiger partial charge in [-0.1, -0.05) is 24.3 Å². The molecule has 0 aliphatic carbocycles. The zero-order valence-electron chi connectivity index (χ0n) is 19.5. The monoisotopic (exact) mass is 451 g/mol. The lowest BCUT2D eigenvalue weighted by Gasteiger charge is -2.33. The third-order valence-electron chi connectivity index (χ3n) is 6.43. The average Bonchev–Trinajstić information content (AvgIpc) is 3.22. The Balaban J connectivity index is 1.28. The van der Waals surface area contributed by atoms with E-state index in [4.69, 9.17) is 9.47 Å². The van der Waals surface area contributed by atoms with Crippen LogP contribution in [0, 0.1) is 5.92 Å². The third kappa shape index (κ3) is 5.66. The van der Waals surface area contributed by atoms with Crippen LogP contribution in [-0.4, -0.2) is 56.1 Å². The fourth-order valence-electron chi connectivity index (χ4n) is 4.66. The molecular weight excluding hydrogens is 418 g/mol. The standard InChI is InChI=1S/C26H33N3O4/c1-3-33-24-10-5-4-9-23(24)29-18-20(16-25(29)30)26(31)27-21-11-13-28(14-12-21)17-19-7-6-8-22(15-19)32-2/h4-10,15,20-21H,3,11-14,16-18H2,1-2H3,(H,27,31). The van der Waals surface area contributed by atoms with Crippen molar-refractivity contribution in [1.82, 2.24) is 10.2 Å². The van der Waals surface area contributed by atoms with Gasteiger partial charge in [-0.05, 0) is 49.6 Å². The number of anilines is 1. The highest BCUT2D eigenvalue weighted by atomic mass is 16.5. The molecule has 0 radical (unpaired) electrons. The molecule has 2 aliphatic rings. The number of nitrogens with one attached hydrogen (secondary N) is 1. The summed E-state index contributed by atoms with van der Waals surface area (Å²) >= 11 is 0. The molecule has 2 amide bonds. The van der Waals surface area contributed by atoms with Gasteiger partial charge in [0, 0.05) is 38.6 Å². The number of carbonyl (C=O) groups is 2. The molecule has 0 saturated carbocycles. The minimum Gasteiger partial charge on any atom is -0.497 e. The zero-order valence-corrected chi connectivity index (χ0v) is 19.5. The molecule has 0 aromatic heterocycles. The second-order valence-electron chi connectivity index (χ2n) is 8.72. The molecule has 2 aromatic rings. The maximum atomic E-state index is 12.9. The first-order valence-electron chi connectivity index (χ1n) is 11.7. The number of hydrogen-bond acceptors (Lipinski definition) is 5. The summed E-state index contributed by atoms with van der Waals surface area (Å²) in [5.41, 5.74) is 1.97. The zero-order chi connectivity index (χ0) is 23.2. The lowest BCUT2D eigenvalue weighted by atomic mass is 10.0. The second kappa shape index (κ2) is 10.7. The normalized spacial score (nSPS) is 19.5. The lowest BCUT2D eigenvalue weighted by molar-refractivity contribution is -0.127. The Hall–Kier alpha value is -3.06. The molecule has 1 N–H and O–H groups in total. The first-order chi connectivity index (χ1) is 16.1. The van der Waals surface area contributed by atoms with Crippen LogP contribution in [0.4, 0.5) is 5.69 Å². The predicted octanol–water partition coefficient (Wildman–Crippen LogP) is 3.23. The molecule has 4 rings (SSSR count). The first kappa shape index (κ1) is 23.1. The van der Waals surface area contributed by atoms with E-state index in [0.717, 1.165) is 43.9 Å². The van der Waals surface area contributed by atoms with Crippen molar-refractivity contribution in [2.24, 2.45) is 5.92 Å². The molecule has 176 valence electrons.